The summed E-state index contributed by atoms with van der Waals surface area (Å²) in [7, 11) is 0. The maximum absolute atomic E-state index is 12.8. The number of amides is 2. The van der Waals surface area contributed by atoms with Crippen molar-refractivity contribution in [3.63, 3.8) is 0 Å². The average Bonchev–Trinajstić information content (AvgIpc) is 2.83. The monoisotopic (exact) mass is 430 g/mol. The summed E-state index contributed by atoms with van der Waals surface area (Å²) < 4.78 is 5.32. The van der Waals surface area contributed by atoms with Crippen LogP contribution in [-0.2, 0) is 29.0 Å². The molecule has 0 radical (unpaired) electrons. The maximum Gasteiger partial charge on any atom is 0.408 e. The third-order valence-electron chi connectivity index (χ3n) is 5.22. The fourth-order valence-corrected chi connectivity index (χ4v) is 3.34. The molecule has 0 aliphatic heterocycles. The smallest absolute Gasteiger partial charge is 0.408 e. The van der Waals surface area contributed by atoms with Gasteiger partial charge in [0, 0.05) is 6.54 Å². The lowest BCUT2D eigenvalue weighted by Crippen LogP contribution is -2.47. The van der Waals surface area contributed by atoms with Crippen molar-refractivity contribution in [3.05, 3.63) is 107 Å². The van der Waals surface area contributed by atoms with E-state index in [2.05, 4.69) is 34.9 Å². The zero-order chi connectivity index (χ0) is 22.6. The molecule has 0 aromatic heterocycles. The van der Waals surface area contributed by atoms with Crippen LogP contribution in [0.3, 0.4) is 0 Å². The molecule has 0 unspecified atom stereocenters. The second kappa shape index (κ2) is 12.3. The van der Waals surface area contributed by atoms with E-state index in [0.29, 0.717) is 19.4 Å². The Kier molecular flexibility index (Phi) is 8.87. The summed E-state index contributed by atoms with van der Waals surface area (Å²) in [5.41, 5.74) is 4.37. The number of carbonyl (C=O) groups is 2. The van der Waals surface area contributed by atoms with Crippen LogP contribution in [0.4, 0.5) is 4.79 Å². The molecule has 5 heteroatoms. The van der Waals surface area contributed by atoms with Crippen LogP contribution < -0.4 is 10.6 Å². The number of aryl methyl sites for hydroxylation is 2. The minimum absolute atomic E-state index is 0.160. The zero-order valence-corrected chi connectivity index (χ0v) is 18.4. The molecule has 2 N–H and O–H groups in total. The van der Waals surface area contributed by atoms with Crippen LogP contribution >= 0.6 is 0 Å². The normalized spacial score (nSPS) is 11.4. The molecule has 0 aliphatic rings. The quantitative estimate of drug-likeness (QED) is 0.495. The second-order valence-corrected chi connectivity index (χ2v) is 7.81. The predicted octanol–water partition coefficient (Wildman–Crippen LogP) is 4.58. The summed E-state index contributed by atoms with van der Waals surface area (Å²) in [6, 6.07) is 27.0. The summed E-state index contributed by atoms with van der Waals surface area (Å²) in [5, 5.41) is 5.69. The van der Waals surface area contributed by atoms with E-state index in [1.807, 2.05) is 67.6 Å². The van der Waals surface area contributed by atoms with Crippen LogP contribution in [0, 0.1) is 6.92 Å². The van der Waals surface area contributed by atoms with Crippen LogP contribution in [0.25, 0.3) is 0 Å². The number of ether oxygens (including phenoxy) is 1. The van der Waals surface area contributed by atoms with Crippen LogP contribution in [0.1, 0.15) is 28.7 Å². The Hall–Kier alpha value is -3.60. The number of carbonyl (C=O) groups excluding carboxylic acids is 2. The van der Waals surface area contributed by atoms with E-state index in [0.717, 1.165) is 23.1 Å². The van der Waals surface area contributed by atoms with Gasteiger partial charge in [0.25, 0.3) is 0 Å². The van der Waals surface area contributed by atoms with E-state index in [-0.39, 0.29) is 12.5 Å². The summed E-state index contributed by atoms with van der Waals surface area (Å²) in [5.74, 6) is -0.204. The molecule has 5 nitrogen and oxygen atoms in total. The summed E-state index contributed by atoms with van der Waals surface area (Å²) >= 11 is 0. The first-order valence-electron chi connectivity index (χ1n) is 10.9. The fraction of sp³-hybridized carbons (Fsp3) is 0.259. The van der Waals surface area contributed by atoms with Crippen LogP contribution in [-0.4, -0.2) is 24.6 Å². The summed E-state index contributed by atoms with van der Waals surface area (Å²) in [4.78, 5) is 25.2. The zero-order valence-electron chi connectivity index (χ0n) is 18.4. The molecule has 3 rings (SSSR count). The van der Waals surface area contributed by atoms with Crippen molar-refractivity contribution in [2.24, 2.45) is 0 Å². The molecule has 3 aromatic carbocycles. The van der Waals surface area contributed by atoms with Gasteiger partial charge in [0.1, 0.15) is 12.6 Å². The van der Waals surface area contributed by atoms with Crippen molar-refractivity contribution < 1.29 is 14.3 Å². The summed E-state index contributed by atoms with van der Waals surface area (Å²) in [6.07, 6.45) is 1.30. The molecule has 0 bridgehead atoms. The van der Waals surface area contributed by atoms with E-state index < -0.39 is 12.1 Å². The molecule has 0 spiro atoms. The molecular weight excluding hydrogens is 400 g/mol. The number of rotatable bonds is 10. The predicted molar refractivity (Wildman–Crippen MR) is 126 cm³/mol. The molecule has 0 saturated carbocycles. The van der Waals surface area contributed by atoms with Crippen molar-refractivity contribution in [1.29, 1.82) is 0 Å². The molecule has 166 valence electrons. The van der Waals surface area contributed by atoms with E-state index in [9.17, 15) is 9.59 Å². The highest BCUT2D eigenvalue weighted by molar-refractivity contribution is 5.85. The highest BCUT2D eigenvalue weighted by atomic mass is 16.5. The molecule has 0 fully saturated rings. The van der Waals surface area contributed by atoms with Gasteiger partial charge in [-0.25, -0.2) is 4.79 Å². The number of benzene rings is 3. The molecule has 0 saturated heterocycles. The van der Waals surface area contributed by atoms with Gasteiger partial charge in [0.2, 0.25) is 5.91 Å². The number of hydrogen-bond donors (Lipinski definition) is 2. The molecular formula is C27H30N2O3. The first-order chi connectivity index (χ1) is 15.6. The lowest BCUT2D eigenvalue weighted by atomic mass is 10.0. The van der Waals surface area contributed by atoms with Crippen molar-refractivity contribution >= 4 is 12.0 Å². The van der Waals surface area contributed by atoms with Gasteiger partial charge in [0.05, 0.1) is 0 Å². The van der Waals surface area contributed by atoms with E-state index in [1.54, 1.807) is 0 Å². The highest BCUT2D eigenvalue weighted by Crippen LogP contribution is 2.07. The highest BCUT2D eigenvalue weighted by Gasteiger charge is 2.21. The second-order valence-electron chi connectivity index (χ2n) is 7.81. The van der Waals surface area contributed by atoms with Gasteiger partial charge in [-0.3, -0.25) is 4.79 Å². The number of nitrogens with one attached hydrogen (secondary N) is 2. The minimum atomic E-state index is -0.670. The van der Waals surface area contributed by atoms with Gasteiger partial charge in [0.15, 0.2) is 0 Å². The Balaban J connectivity index is 1.53. The van der Waals surface area contributed by atoms with Gasteiger partial charge >= 0.3 is 6.09 Å². The first kappa shape index (κ1) is 23.1. The van der Waals surface area contributed by atoms with Crippen LogP contribution in [0.5, 0.6) is 0 Å². The van der Waals surface area contributed by atoms with Crippen LogP contribution in [0.15, 0.2) is 84.9 Å². The topological polar surface area (TPSA) is 67.4 Å². The van der Waals surface area contributed by atoms with Gasteiger partial charge in [-0.15, -0.1) is 0 Å². The molecule has 32 heavy (non-hydrogen) atoms. The molecule has 3 aromatic rings. The Morgan fingerprint density at radius 1 is 0.781 bits per heavy atom. The standard InChI is InChI=1S/C27H30N2O3/c1-21-12-14-23(15-13-21)18-19-28-26(30)25(17-16-22-8-4-2-5-9-22)29-27(31)32-20-24-10-6-3-7-11-24/h2-15,25H,16-20H2,1H3,(H,28,30)(H,29,31)/t25-/m0/s1. The molecule has 0 aliphatic carbocycles. The number of alkyl carbamates (subject to hydrolysis) is 1. The minimum Gasteiger partial charge on any atom is -0.445 e. The van der Waals surface area contributed by atoms with Crippen molar-refractivity contribution in [2.45, 2.75) is 38.8 Å². The molecule has 2 amide bonds. The SMILES string of the molecule is Cc1ccc(CCNC(=O)[C@H](CCc2ccccc2)NC(=O)OCc2ccccc2)cc1. The van der Waals surface area contributed by atoms with E-state index in [4.69, 9.17) is 4.74 Å². The first-order valence-corrected chi connectivity index (χ1v) is 10.9. The van der Waals surface area contributed by atoms with Gasteiger partial charge < -0.3 is 15.4 Å². The summed E-state index contributed by atoms with van der Waals surface area (Å²) in [6.45, 7) is 2.71. The van der Waals surface area contributed by atoms with Crippen molar-refractivity contribution in [1.82, 2.24) is 10.6 Å². The van der Waals surface area contributed by atoms with Gasteiger partial charge in [-0.2, -0.15) is 0 Å². The third kappa shape index (κ3) is 7.91. The molecule has 0 heterocycles. The Labute approximate surface area is 189 Å². The Morgan fingerprint density at radius 3 is 2.03 bits per heavy atom. The lowest BCUT2D eigenvalue weighted by molar-refractivity contribution is -0.123. The van der Waals surface area contributed by atoms with E-state index >= 15 is 0 Å². The van der Waals surface area contributed by atoms with Gasteiger partial charge in [-0.05, 0) is 42.9 Å². The molecule has 1 atom stereocenters. The third-order valence-corrected chi connectivity index (χ3v) is 5.22. The lowest BCUT2D eigenvalue weighted by Gasteiger charge is -2.18. The van der Waals surface area contributed by atoms with Crippen molar-refractivity contribution in [3.8, 4) is 0 Å². The van der Waals surface area contributed by atoms with E-state index in [1.165, 1.54) is 5.56 Å². The average molecular weight is 431 g/mol. The van der Waals surface area contributed by atoms with Gasteiger partial charge in [-0.1, -0.05) is 90.5 Å². The fourth-order valence-electron chi connectivity index (χ4n) is 3.34. The maximum atomic E-state index is 12.8. The van der Waals surface area contributed by atoms with Crippen molar-refractivity contribution in [2.75, 3.05) is 6.54 Å². The largest absolute Gasteiger partial charge is 0.445 e. The number of hydrogen-bond acceptors (Lipinski definition) is 3. The Bertz CT molecular complexity index is 973. The Morgan fingerprint density at radius 2 is 1.38 bits per heavy atom. The van der Waals surface area contributed by atoms with Crippen LogP contribution in [0.2, 0.25) is 0 Å².